The molecule has 6 nitrogen and oxygen atoms in total. The van der Waals surface area contributed by atoms with Crippen molar-refractivity contribution in [1.29, 1.82) is 0 Å². The lowest BCUT2D eigenvalue weighted by Crippen LogP contribution is -2.15. The van der Waals surface area contributed by atoms with E-state index in [1.807, 2.05) is 80.6 Å². The molecule has 4 aromatic carbocycles. The summed E-state index contributed by atoms with van der Waals surface area (Å²) in [7, 11) is 0. The standard InChI is InChI=1S/C36H33NO5/c1-23-10-7-8-15-29(23)34(39)28-17-16-24(2)31(22-28)33-27(14-9-13-26-11-5-4-6-12-26)18-19-30-35(40)32(37-42-25(3)38)20-21-41-36(30)33/h4-8,10-12,15-19,22H,9,13-14,20-21H2,1-3H3/b37-32+. The number of carbonyl (C=O) groups is 3. The fourth-order valence-electron chi connectivity index (χ4n) is 5.32. The summed E-state index contributed by atoms with van der Waals surface area (Å²) in [6.45, 7) is 5.36. The van der Waals surface area contributed by atoms with Crippen molar-refractivity contribution in [2.24, 2.45) is 5.16 Å². The Bertz CT molecular complexity index is 1690. The van der Waals surface area contributed by atoms with Crippen molar-refractivity contribution in [3.8, 4) is 16.9 Å². The number of rotatable bonds is 8. The molecule has 1 heterocycles. The third-order valence-corrected chi connectivity index (χ3v) is 7.53. The average Bonchev–Trinajstić information content (AvgIpc) is 3.15. The summed E-state index contributed by atoms with van der Waals surface area (Å²) in [5.74, 6) is -0.532. The molecule has 1 aliphatic heterocycles. The molecule has 6 heteroatoms. The molecule has 0 bridgehead atoms. The maximum Gasteiger partial charge on any atom is 0.331 e. The van der Waals surface area contributed by atoms with Crippen molar-refractivity contribution in [2.45, 2.75) is 46.5 Å². The lowest BCUT2D eigenvalue weighted by Gasteiger charge is -2.19. The summed E-state index contributed by atoms with van der Waals surface area (Å²) >= 11 is 0. The number of ether oxygens (including phenoxy) is 1. The summed E-state index contributed by atoms with van der Waals surface area (Å²) < 4.78 is 6.28. The van der Waals surface area contributed by atoms with Gasteiger partial charge in [-0.1, -0.05) is 78.0 Å². The first-order chi connectivity index (χ1) is 20.3. The van der Waals surface area contributed by atoms with Crippen molar-refractivity contribution < 1.29 is 24.0 Å². The number of carbonyl (C=O) groups excluding carboxylic acids is 3. The van der Waals surface area contributed by atoms with E-state index >= 15 is 0 Å². The fourth-order valence-corrected chi connectivity index (χ4v) is 5.32. The number of benzene rings is 4. The number of aryl methyl sites for hydroxylation is 4. The predicted molar refractivity (Wildman–Crippen MR) is 163 cm³/mol. The van der Waals surface area contributed by atoms with Crippen molar-refractivity contribution in [2.75, 3.05) is 6.61 Å². The van der Waals surface area contributed by atoms with Gasteiger partial charge in [-0.15, -0.1) is 0 Å². The van der Waals surface area contributed by atoms with E-state index in [0.29, 0.717) is 22.4 Å². The summed E-state index contributed by atoms with van der Waals surface area (Å²) in [5, 5.41) is 3.82. The van der Waals surface area contributed by atoms with Gasteiger partial charge in [0.05, 0.1) is 12.2 Å². The second kappa shape index (κ2) is 12.8. The molecule has 1 aliphatic rings. The first-order valence-electron chi connectivity index (χ1n) is 14.2. The molecule has 4 aromatic rings. The molecule has 0 aliphatic carbocycles. The van der Waals surface area contributed by atoms with Gasteiger partial charge in [0.2, 0.25) is 5.78 Å². The average molecular weight is 560 g/mol. The molecule has 42 heavy (non-hydrogen) atoms. The normalized spacial score (nSPS) is 13.7. The van der Waals surface area contributed by atoms with Crippen LogP contribution >= 0.6 is 0 Å². The zero-order valence-electron chi connectivity index (χ0n) is 24.1. The van der Waals surface area contributed by atoms with Gasteiger partial charge in [-0.2, -0.15) is 0 Å². The molecule has 212 valence electrons. The highest BCUT2D eigenvalue weighted by Gasteiger charge is 2.28. The molecular formula is C36H33NO5. The Kier molecular flexibility index (Phi) is 8.72. The molecule has 0 saturated heterocycles. The van der Waals surface area contributed by atoms with Gasteiger partial charge in [0.15, 0.2) is 5.78 Å². The Balaban J connectivity index is 1.61. The molecule has 0 fully saturated rings. The lowest BCUT2D eigenvalue weighted by atomic mass is 9.87. The van der Waals surface area contributed by atoms with Crippen LogP contribution in [0.25, 0.3) is 11.1 Å². The number of nitrogens with zero attached hydrogens (tertiary/aromatic N) is 1. The van der Waals surface area contributed by atoms with Crippen LogP contribution in [0, 0.1) is 13.8 Å². The number of hydrogen-bond donors (Lipinski definition) is 0. The number of oxime groups is 1. The number of ketones is 2. The summed E-state index contributed by atoms with van der Waals surface area (Å²) in [5.41, 5.74) is 7.51. The van der Waals surface area contributed by atoms with Crippen LogP contribution in [0.4, 0.5) is 0 Å². The minimum atomic E-state index is -0.596. The van der Waals surface area contributed by atoms with Crippen molar-refractivity contribution >= 4 is 23.2 Å². The summed E-state index contributed by atoms with van der Waals surface area (Å²) in [6, 6.07) is 27.3. The molecule has 0 radical (unpaired) electrons. The molecule has 0 amide bonds. The number of fused-ring (bicyclic) bond motifs is 1. The van der Waals surface area contributed by atoms with Crippen LogP contribution in [0.15, 0.2) is 90.1 Å². The van der Waals surface area contributed by atoms with Gasteiger partial charge in [-0.05, 0) is 73.1 Å². The summed E-state index contributed by atoms with van der Waals surface area (Å²) in [4.78, 5) is 43.3. The van der Waals surface area contributed by atoms with Crippen LogP contribution in [-0.2, 0) is 22.5 Å². The number of hydrogen-bond acceptors (Lipinski definition) is 6. The van der Waals surface area contributed by atoms with Gasteiger partial charge < -0.3 is 9.57 Å². The van der Waals surface area contributed by atoms with Gasteiger partial charge in [-0.3, -0.25) is 9.59 Å². The molecular weight excluding hydrogens is 526 g/mol. The highest BCUT2D eigenvalue weighted by molar-refractivity contribution is 6.47. The molecule has 0 aromatic heterocycles. The third kappa shape index (κ3) is 6.23. The van der Waals surface area contributed by atoms with E-state index in [9.17, 15) is 14.4 Å². The Morgan fingerprint density at radius 1 is 0.857 bits per heavy atom. The maximum absolute atomic E-state index is 13.6. The van der Waals surface area contributed by atoms with Crippen molar-refractivity contribution in [3.05, 3.63) is 124 Å². The van der Waals surface area contributed by atoms with E-state index in [-0.39, 0.29) is 30.3 Å². The minimum absolute atomic E-state index is 0.0604. The largest absolute Gasteiger partial charge is 0.492 e. The van der Waals surface area contributed by atoms with E-state index in [0.717, 1.165) is 47.1 Å². The predicted octanol–water partition coefficient (Wildman–Crippen LogP) is 7.26. The van der Waals surface area contributed by atoms with Crippen molar-refractivity contribution in [3.63, 3.8) is 0 Å². The Morgan fingerprint density at radius 2 is 1.62 bits per heavy atom. The van der Waals surface area contributed by atoms with E-state index in [1.165, 1.54) is 12.5 Å². The zero-order chi connectivity index (χ0) is 29.6. The van der Waals surface area contributed by atoms with E-state index < -0.39 is 5.97 Å². The second-order valence-electron chi connectivity index (χ2n) is 10.5. The van der Waals surface area contributed by atoms with E-state index in [1.54, 1.807) is 6.07 Å². The molecule has 0 saturated carbocycles. The summed E-state index contributed by atoms with van der Waals surface area (Å²) in [6.07, 6.45) is 2.75. The zero-order valence-corrected chi connectivity index (χ0v) is 24.1. The van der Waals surface area contributed by atoms with Crippen molar-refractivity contribution in [1.82, 2.24) is 0 Å². The maximum atomic E-state index is 13.6. The number of Topliss-reactive ketones (excluding diaryl/α,β-unsaturated/α-hetero) is 1. The van der Waals surface area contributed by atoms with Crippen LogP contribution in [0.2, 0.25) is 0 Å². The molecule has 0 N–H and O–H groups in total. The first kappa shape index (κ1) is 28.7. The fraction of sp³-hybridized carbons (Fsp3) is 0.222. The van der Waals surface area contributed by atoms with Crippen LogP contribution < -0.4 is 4.74 Å². The minimum Gasteiger partial charge on any atom is -0.492 e. The quantitative estimate of drug-likeness (QED) is 0.129. The molecule has 0 atom stereocenters. The first-order valence-corrected chi connectivity index (χ1v) is 14.2. The van der Waals surface area contributed by atoms with Crippen LogP contribution in [0.1, 0.15) is 68.3 Å². The second-order valence-corrected chi connectivity index (χ2v) is 10.5. The third-order valence-electron chi connectivity index (χ3n) is 7.53. The highest BCUT2D eigenvalue weighted by atomic mass is 16.7. The Labute approximate surface area is 246 Å². The topological polar surface area (TPSA) is 82.0 Å². The van der Waals surface area contributed by atoms with Crippen LogP contribution in [0.5, 0.6) is 5.75 Å². The Hall–Kier alpha value is -4.84. The van der Waals surface area contributed by atoms with Gasteiger partial charge in [0.25, 0.3) is 0 Å². The monoisotopic (exact) mass is 559 g/mol. The SMILES string of the molecule is CC(=O)O/N=C1\CCOc2c(ccc(CCCc3ccccc3)c2-c2cc(C(=O)c3ccccc3C)ccc2C)C1=O. The Morgan fingerprint density at radius 3 is 2.38 bits per heavy atom. The van der Waals surface area contributed by atoms with E-state index in [2.05, 4.69) is 17.3 Å². The van der Waals surface area contributed by atoms with Gasteiger partial charge >= 0.3 is 5.97 Å². The van der Waals surface area contributed by atoms with Gasteiger partial charge in [0.1, 0.15) is 11.5 Å². The van der Waals surface area contributed by atoms with Gasteiger partial charge in [0, 0.05) is 30.0 Å². The smallest absolute Gasteiger partial charge is 0.331 e. The van der Waals surface area contributed by atoms with E-state index in [4.69, 9.17) is 9.57 Å². The molecule has 5 rings (SSSR count). The molecule has 0 unspecified atom stereocenters. The lowest BCUT2D eigenvalue weighted by molar-refractivity contribution is -0.140. The molecule has 0 spiro atoms. The van der Waals surface area contributed by atoms with Crippen LogP contribution in [-0.4, -0.2) is 29.9 Å². The highest BCUT2D eigenvalue weighted by Crippen LogP contribution is 2.41. The van der Waals surface area contributed by atoms with Crippen LogP contribution in [0.3, 0.4) is 0 Å². The van der Waals surface area contributed by atoms with Gasteiger partial charge in [-0.25, -0.2) is 4.79 Å².